The summed E-state index contributed by atoms with van der Waals surface area (Å²) in [6.45, 7) is 2.26. The van der Waals surface area contributed by atoms with E-state index in [1.165, 1.54) is 6.20 Å². The van der Waals surface area contributed by atoms with Crippen molar-refractivity contribution in [1.29, 1.82) is 0 Å². The number of fused-ring (bicyclic) bond motifs is 1. The summed E-state index contributed by atoms with van der Waals surface area (Å²) in [5, 5.41) is 6.55. The molecule has 3 rings (SSSR count). The minimum atomic E-state index is -0.696. The second-order valence-corrected chi connectivity index (χ2v) is 6.02. The molecule has 3 heterocycles. The molecule has 0 fully saturated rings. The fraction of sp³-hybridized carbons (Fsp3) is 0.250. The summed E-state index contributed by atoms with van der Waals surface area (Å²) >= 11 is 5.99. The molecule has 8 nitrogen and oxygen atoms in total. The van der Waals surface area contributed by atoms with Crippen LogP contribution in [0, 0.1) is 5.82 Å². The number of aromatic nitrogens is 4. The second-order valence-electron chi connectivity index (χ2n) is 5.59. The molecule has 0 aliphatic heterocycles. The fourth-order valence-corrected chi connectivity index (χ4v) is 2.54. The number of carbonyl (C=O) groups excluding carboxylic acids is 1. The molecule has 0 aliphatic rings. The van der Waals surface area contributed by atoms with Crippen LogP contribution in [0.5, 0.6) is 0 Å². The number of carbonyl (C=O) groups is 1. The molecule has 3 aromatic rings. The number of nitrogens with one attached hydrogen (secondary N) is 3. The van der Waals surface area contributed by atoms with E-state index in [0.717, 1.165) is 6.20 Å². The Morgan fingerprint density at radius 2 is 2.23 bits per heavy atom. The molecule has 26 heavy (non-hydrogen) atoms. The van der Waals surface area contributed by atoms with Gasteiger partial charge < -0.3 is 21.4 Å². The number of hydrogen-bond acceptors (Lipinski definition) is 6. The van der Waals surface area contributed by atoms with Crippen LogP contribution in [-0.2, 0) is 4.79 Å². The zero-order chi connectivity index (χ0) is 18.7. The zero-order valence-electron chi connectivity index (χ0n) is 13.9. The number of anilines is 1. The molecule has 10 heteroatoms. The number of pyridine rings is 1. The first kappa shape index (κ1) is 18.0. The van der Waals surface area contributed by atoms with Crippen LogP contribution in [-0.4, -0.2) is 45.0 Å². The van der Waals surface area contributed by atoms with E-state index >= 15 is 0 Å². The third kappa shape index (κ3) is 3.73. The van der Waals surface area contributed by atoms with Crippen molar-refractivity contribution in [1.82, 2.24) is 25.3 Å². The first-order valence-corrected chi connectivity index (χ1v) is 8.27. The minimum Gasteiger partial charge on any atom is -0.356 e. The van der Waals surface area contributed by atoms with Gasteiger partial charge in [0.05, 0.1) is 11.2 Å². The lowest BCUT2D eigenvalue weighted by molar-refractivity contribution is -0.121. The van der Waals surface area contributed by atoms with E-state index in [0.29, 0.717) is 34.7 Å². The lowest BCUT2D eigenvalue weighted by Gasteiger charge is -2.15. The Hall–Kier alpha value is -2.78. The molecule has 1 atom stereocenters. The summed E-state index contributed by atoms with van der Waals surface area (Å²) in [6, 6.07) is 1.02. The number of amides is 1. The maximum Gasteiger partial charge on any atom is 0.242 e. The number of nitrogens with two attached hydrogens (primary N) is 1. The first-order valence-electron chi connectivity index (χ1n) is 7.89. The van der Waals surface area contributed by atoms with E-state index in [1.54, 1.807) is 19.2 Å². The van der Waals surface area contributed by atoms with Gasteiger partial charge in [-0.1, -0.05) is 11.6 Å². The number of nitrogens with zero attached hydrogens (tertiary/aromatic N) is 3. The largest absolute Gasteiger partial charge is 0.356 e. The number of aromatic amines is 1. The van der Waals surface area contributed by atoms with Gasteiger partial charge in [0, 0.05) is 36.4 Å². The summed E-state index contributed by atoms with van der Waals surface area (Å²) < 4.78 is 14.1. The smallest absolute Gasteiger partial charge is 0.242 e. The molecule has 3 aromatic heterocycles. The highest BCUT2D eigenvalue weighted by molar-refractivity contribution is 6.31. The van der Waals surface area contributed by atoms with Crippen molar-refractivity contribution < 1.29 is 9.18 Å². The molecule has 0 aromatic carbocycles. The van der Waals surface area contributed by atoms with Crippen molar-refractivity contribution in [2.75, 3.05) is 18.4 Å². The van der Waals surface area contributed by atoms with Crippen LogP contribution in [0.4, 0.5) is 10.2 Å². The SMILES string of the molecule is C[C@H](Nc1nc(-c2c[nH]c3ncc(Cl)cc23)ncc1F)C(=O)NCCN. The van der Waals surface area contributed by atoms with Crippen molar-refractivity contribution >= 4 is 34.4 Å². The Morgan fingerprint density at radius 3 is 3.00 bits per heavy atom. The molecule has 0 saturated heterocycles. The average Bonchev–Trinajstić information content (AvgIpc) is 3.04. The van der Waals surface area contributed by atoms with E-state index < -0.39 is 11.9 Å². The van der Waals surface area contributed by atoms with Crippen LogP contribution in [0.25, 0.3) is 22.4 Å². The molecule has 0 spiro atoms. The number of H-pyrrole nitrogens is 1. The maximum absolute atomic E-state index is 14.1. The van der Waals surface area contributed by atoms with Crippen LogP contribution in [0.15, 0.2) is 24.7 Å². The average molecular weight is 378 g/mol. The summed E-state index contributed by atoms with van der Waals surface area (Å²) in [5.41, 5.74) is 6.59. The Balaban J connectivity index is 1.90. The Labute approximate surface area is 153 Å². The monoisotopic (exact) mass is 377 g/mol. The Bertz CT molecular complexity index is 945. The topological polar surface area (TPSA) is 122 Å². The molecule has 136 valence electrons. The maximum atomic E-state index is 14.1. The summed E-state index contributed by atoms with van der Waals surface area (Å²) in [6.07, 6.45) is 4.23. The standard InChI is InChI=1S/C16H17ClFN7O/c1-8(16(26)20-3-2-19)24-15-12(18)7-23-14(25-15)11-6-22-13-10(11)4-9(17)5-21-13/h4-8H,2-3,19H2,1H3,(H,20,26)(H,21,22)(H,23,24,25)/t8-/m0/s1. The van der Waals surface area contributed by atoms with Gasteiger partial charge in [0.1, 0.15) is 11.7 Å². The van der Waals surface area contributed by atoms with Gasteiger partial charge in [-0.25, -0.2) is 19.3 Å². The molecule has 0 saturated carbocycles. The first-order chi connectivity index (χ1) is 12.5. The van der Waals surface area contributed by atoms with E-state index in [2.05, 4.69) is 30.6 Å². The summed E-state index contributed by atoms with van der Waals surface area (Å²) in [7, 11) is 0. The zero-order valence-corrected chi connectivity index (χ0v) is 14.6. The molecule has 0 radical (unpaired) electrons. The van der Waals surface area contributed by atoms with Gasteiger partial charge in [0.2, 0.25) is 5.91 Å². The van der Waals surface area contributed by atoms with Crippen molar-refractivity contribution in [2.45, 2.75) is 13.0 Å². The molecule has 0 aliphatic carbocycles. The lowest BCUT2D eigenvalue weighted by atomic mass is 10.2. The highest BCUT2D eigenvalue weighted by Gasteiger charge is 2.17. The van der Waals surface area contributed by atoms with Crippen molar-refractivity contribution in [2.24, 2.45) is 5.73 Å². The third-order valence-corrected chi connectivity index (χ3v) is 3.88. The van der Waals surface area contributed by atoms with E-state index in [9.17, 15) is 9.18 Å². The number of rotatable bonds is 6. The predicted molar refractivity (Wildman–Crippen MR) is 97.2 cm³/mol. The normalized spacial score (nSPS) is 12.2. The van der Waals surface area contributed by atoms with Crippen molar-refractivity contribution in [3.05, 3.63) is 35.5 Å². The van der Waals surface area contributed by atoms with Crippen LogP contribution in [0.3, 0.4) is 0 Å². The Kier molecular flexibility index (Phi) is 5.29. The van der Waals surface area contributed by atoms with Gasteiger partial charge >= 0.3 is 0 Å². The van der Waals surface area contributed by atoms with E-state index in [4.69, 9.17) is 17.3 Å². The highest BCUT2D eigenvalue weighted by atomic mass is 35.5. The van der Waals surface area contributed by atoms with Crippen molar-refractivity contribution in [3.8, 4) is 11.4 Å². The molecule has 0 unspecified atom stereocenters. The van der Waals surface area contributed by atoms with E-state index in [1.807, 2.05) is 0 Å². The van der Waals surface area contributed by atoms with Gasteiger partial charge in [-0.3, -0.25) is 4.79 Å². The highest BCUT2D eigenvalue weighted by Crippen LogP contribution is 2.28. The van der Waals surface area contributed by atoms with E-state index in [-0.39, 0.29) is 17.5 Å². The molecule has 5 N–H and O–H groups in total. The minimum absolute atomic E-state index is 0.0743. The predicted octanol–water partition coefficient (Wildman–Crippen LogP) is 1.69. The molecular weight excluding hydrogens is 361 g/mol. The van der Waals surface area contributed by atoms with Crippen LogP contribution >= 0.6 is 11.6 Å². The van der Waals surface area contributed by atoms with Crippen LogP contribution < -0.4 is 16.4 Å². The fourth-order valence-electron chi connectivity index (χ4n) is 2.38. The van der Waals surface area contributed by atoms with Gasteiger partial charge in [0.25, 0.3) is 0 Å². The van der Waals surface area contributed by atoms with Crippen LogP contribution in [0.1, 0.15) is 6.92 Å². The molecular formula is C16H17ClFN7O. The van der Waals surface area contributed by atoms with Gasteiger partial charge in [-0.15, -0.1) is 0 Å². The lowest BCUT2D eigenvalue weighted by Crippen LogP contribution is -2.40. The van der Waals surface area contributed by atoms with Gasteiger partial charge in [0.15, 0.2) is 17.5 Å². The van der Waals surface area contributed by atoms with Crippen molar-refractivity contribution in [3.63, 3.8) is 0 Å². The molecule has 1 amide bonds. The summed E-state index contributed by atoms with van der Waals surface area (Å²) in [5.74, 6) is -0.769. The second kappa shape index (κ2) is 7.63. The van der Waals surface area contributed by atoms with Gasteiger partial charge in [-0.05, 0) is 13.0 Å². The third-order valence-electron chi connectivity index (χ3n) is 3.67. The Morgan fingerprint density at radius 1 is 1.42 bits per heavy atom. The molecule has 0 bridgehead atoms. The number of hydrogen-bond donors (Lipinski definition) is 4. The van der Waals surface area contributed by atoms with Crippen LogP contribution in [0.2, 0.25) is 5.02 Å². The number of halogens is 2. The summed E-state index contributed by atoms with van der Waals surface area (Å²) in [4.78, 5) is 27.3. The quantitative estimate of drug-likeness (QED) is 0.518. The van der Waals surface area contributed by atoms with Gasteiger partial charge in [-0.2, -0.15) is 0 Å².